The molecule has 1 unspecified atom stereocenters. The van der Waals surface area contributed by atoms with Crippen molar-refractivity contribution in [1.29, 1.82) is 0 Å². The Morgan fingerprint density at radius 3 is 1.95 bits per heavy atom. The highest BCUT2D eigenvalue weighted by molar-refractivity contribution is 7.86. The molecule has 13 heteroatoms. The molecule has 7 nitrogen and oxygen atoms in total. The Balaban J connectivity index is 5.23. The summed E-state index contributed by atoms with van der Waals surface area (Å²) in [5.41, 5.74) is 0. The molecule has 0 aromatic rings. The average Bonchev–Trinajstić information content (AvgIpc) is 2.19. The molecule has 0 aromatic heterocycles. The van der Waals surface area contributed by atoms with Crippen molar-refractivity contribution in [2.45, 2.75) is 24.5 Å². The lowest BCUT2D eigenvalue weighted by Crippen LogP contribution is -2.52. The van der Waals surface area contributed by atoms with Crippen LogP contribution in [0.25, 0.3) is 0 Å². The van der Waals surface area contributed by atoms with Crippen molar-refractivity contribution in [3.63, 3.8) is 0 Å². The third-order valence-corrected chi connectivity index (χ3v) is 2.49. The van der Waals surface area contributed by atoms with Crippen LogP contribution in [-0.4, -0.2) is 49.1 Å². The molecule has 20 heavy (non-hydrogen) atoms. The van der Waals surface area contributed by atoms with E-state index in [0.717, 1.165) is 6.92 Å². The van der Waals surface area contributed by atoms with E-state index in [2.05, 4.69) is 9.47 Å². The summed E-state index contributed by atoms with van der Waals surface area (Å²) in [7, 11) is -6.50. The first-order chi connectivity index (χ1) is 8.69. The lowest BCUT2D eigenvalue weighted by molar-refractivity contribution is -0.260. The van der Waals surface area contributed by atoms with Gasteiger partial charge in [-0.05, 0) is 0 Å². The lowest BCUT2D eigenvalue weighted by Gasteiger charge is -2.25. The number of carbonyl (C=O) groups is 2. The molecule has 118 valence electrons. The molecule has 0 fully saturated rings. The number of esters is 2. The van der Waals surface area contributed by atoms with Crippen LogP contribution >= 0.6 is 0 Å². The van der Waals surface area contributed by atoms with E-state index in [9.17, 15) is 40.0 Å². The second kappa shape index (κ2) is 5.87. The van der Waals surface area contributed by atoms with Crippen LogP contribution in [0.4, 0.5) is 22.0 Å². The molecule has 0 bridgehead atoms. The molecule has 0 spiro atoms. The Morgan fingerprint density at radius 2 is 1.65 bits per heavy atom. The van der Waals surface area contributed by atoms with Gasteiger partial charge in [0.05, 0.1) is 0 Å². The Morgan fingerprint density at radius 1 is 1.20 bits per heavy atom. The van der Waals surface area contributed by atoms with E-state index in [-0.39, 0.29) is 0 Å². The molecule has 0 aliphatic rings. The van der Waals surface area contributed by atoms with Gasteiger partial charge in [-0.25, -0.2) is 4.79 Å². The fourth-order valence-electron chi connectivity index (χ4n) is 0.787. The van der Waals surface area contributed by atoms with Gasteiger partial charge in [-0.3, -0.25) is 9.35 Å². The van der Waals surface area contributed by atoms with Gasteiger partial charge in [0.25, 0.3) is 6.10 Å². The zero-order chi connectivity index (χ0) is 16.4. The van der Waals surface area contributed by atoms with E-state index < -0.39 is 46.2 Å². The smallest absolute Gasteiger partial charge is 0.432 e. The fraction of sp³-hybridized carbons (Fsp3) is 0.714. The van der Waals surface area contributed by atoms with Crippen LogP contribution in [0.5, 0.6) is 0 Å². The lowest BCUT2D eigenvalue weighted by atomic mass is 10.3. The SMILES string of the molecule is CC(=O)OCC(=O)OC(C(F)(F)F)C(F)(F)S(=O)(=O)O. The summed E-state index contributed by atoms with van der Waals surface area (Å²) in [5, 5.41) is -5.82. The second-order valence-electron chi connectivity index (χ2n) is 3.23. The van der Waals surface area contributed by atoms with E-state index in [4.69, 9.17) is 4.55 Å². The maximum Gasteiger partial charge on any atom is 0.432 e. The van der Waals surface area contributed by atoms with Crippen molar-refractivity contribution in [1.82, 2.24) is 0 Å². The van der Waals surface area contributed by atoms with Gasteiger partial charge in [0.2, 0.25) is 0 Å². The van der Waals surface area contributed by atoms with Crippen molar-refractivity contribution in [2.75, 3.05) is 6.61 Å². The first-order valence-electron chi connectivity index (χ1n) is 4.44. The molecule has 0 heterocycles. The van der Waals surface area contributed by atoms with Crippen LogP contribution < -0.4 is 0 Å². The monoisotopic (exact) mass is 330 g/mol. The summed E-state index contributed by atoms with van der Waals surface area (Å²) in [5.74, 6) is -3.20. The zero-order valence-electron chi connectivity index (χ0n) is 9.48. The highest BCUT2D eigenvalue weighted by atomic mass is 32.2. The highest BCUT2D eigenvalue weighted by Crippen LogP contribution is 2.37. The van der Waals surface area contributed by atoms with Crippen molar-refractivity contribution in [2.24, 2.45) is 0 Å². The number of ether oxygens (including phenoxy) is 2. The quantitative estimate of drug-likeness (QED) is 0.444. The van der Waals surface area contributed by atoms with E-state index in [1.807, 2.05) is 0 Å². The minimum Gasteiger partial charge on any atom is -0.454 e. The molecule has 0 rings (SSSR count). The Labute approximate surface area is 108 Å². The van der Waals surface area contributed by atoms with Crippen LogP contribution in [0, 0.1) is 0 Å². The third-order valence-electron chi connectivity index (χ3n) is 1.59. The Kier molecular flexibility index (Phi) is 5.43. The van der Waals surface area contributed by atoms with E-state index in [1.54, 1.807) is 0 Å². The average molecular weight is 330 g/mol. The van der Waals surface area contributed by atoms with Crippen LogP contribution in [0.2, 0.25) is 0 Å². The van der Waals surface area contributed by atoms with Crippen molar-refractivity contribution in [3.8, 4) is 0 Å². The summed E-state index contributed by atoms with van der Waals surface area (Å²) < 4.78 is 98.2. The topological polar surface area (TPSA) is 107 Å². The summed E-state index contributed by atoms with van der Waals surface area (Å²) in [4.78, 5) is 21.0. The van der Waals surface area contributed by atoms with E-state index >= 15 is 0 Å². The summed E-state index contributed by atoms with van der Waals surface area (Å²) in [6, 6.07) is 0. The Hall–Kier alpha value is -1.50. The van der Waals surface area contributed by atoms with Gasteiger partial charge >= 0.3 is 33.5 Å². The first kappa shape index (κ1) is 18.5. The standard InChI is InChI=1S/C7H7F5O7S/c1-3(13)18-2-4(14)19-5(6(8,9)10)7(11,12)20(15,16)17/h5H,2H2,1H3,(H,15,16,17). The summed E-state index contributed by atoms with van der Waals surface area (Å²) in [6.45, 7) is -0.676. The highest BCUT2D eigenvalue weighted by Gasteiger charge is 2.66. The van der Waals surface area contributed by atoms with Crippen LogP contribution in [0.15, 0.2) is 0 Å². The van der Waals surface area contributed by atoms with E-state index in [1.165, 1.54) is 0 Å². The number of alkyl halides is 5. The van der Waals surface area contributed by atoms with E-state index in [0.29, 0.717) is 0 Å². The van der Waals surface area contributed by atoms with Gasteiger partial charge in [0.1, 0.15) is 0 Å². The maximum absolute atomic E-state index is 12.9. The molecule has 0 saturated carbocycles. The molecule has 0 amide bonds. The Bertz CT molecular complexity index is 482. The second-order valence-corrected chi connectivity index (χ2v) is 4.72. The van der Waals surface area contributed by atoms with Crippen molar-refractivity contribution >= 4 is 22.1 Å². The summed E-state index contributed by atoms with van der Waals surface area (Å²) in [6.07, 6.45) is -10.4. The fourth-order valence-corrected chi connectivity index (χ4v) is 1.24. The van der Waals surface area contributed by atoms with Crippen LogP contribution in [0.3, 0.4) is 0 Å². The number of halogens is 5. The molecular formula is C7H7F5O7S. The minimum absolute atomic E-state index is 0.765. The van der Waals surface area contributed by atoms with Gasteiger partial charge in [0, 0.05) is 6.92 Å². The minimum atomic E-state index is -6.50. The zero-order valence-corrected chi connectivity index (χ0v) is 10.3. The predicted molar refractivity (Wildman–Crippen MR) is 49.1 cm³/mol. The molecule has 0 aliphatic carbocycles. The molecule has 0 aromatic carbocycles. The first-order valence-corrected chi connectivity index (χ1v) is 5.88. The van der Waals surface area contributed by atoms with Gasteiger partial charge in [-0.15, -0.1) is 0 Å². The van der Waals surface area contributed by atoms with Crippen LogP contribution in [-0.2, 0) is 29.2 Å². The molecule has 0 saturated heterocycles. The number of hydrogen-bond acceptors (Lipinski definition) is 6. The predicted octanol–water partition coefficient (Wildman–Crippen LogP) is 0.504. The molecule has 0 radical (unpaired) electrons. The third kappa shape index (κ3) is 4.88. The van der Waals surface area contributed by atoms with Crippen molar-refractivity contribution < 1.29 is 54.0 Å². The normalized spacial score (nSPS) is 14.6. The largest absolute Gasteiger partial charge is 0.454 e. The van der Waals surface area contributed by atoms with Crippen molar-refractivity contribution in [3.05, 3.63) is 0 Å². The van der Waals surface area contributed by atoms with Crippen LogP contribution in [0.1, 0.15) is 6.92 Å². The molecule has 0 aliphatic heterocycles. The van der Waals surface area contributed by atoms with Gasteiger partial charge in [-0.1, -0.05) is 0 Å². The number of rotatable bonds is 5. The molecule has 1 atom stereocenters. The maximum atomic E-state index is 12.9. The number of hydrogen-bond donors (Lipinski definition) is 1. The molecule has 1 N–H and O–H groups in total. The van der Waals surface area contributed by atoms with Gasteiger partial charge < -0.3 is 9.47 Å². The van der Waals surface area contributed by atoms with Gasteiger partial charge in [-0.2, -0.15) is 30.4 Å². The number of carbonyl (C=O) groups excluding carboxylic acids is 2. The van der Waals surface area contributed by atoms with Gasteiger partial charge in [0.15, 0.2) is 6.61 Å². The molecular weight excluding hydrogens is 323 g/mol. The summed E-state index contributed by atoms with van der Waals surface area (Å²) >= 11 is 0.